The lowest BCUT2D eigenvalue weighted by Gasteiger charge is -2.09. The smallest absolute Gasteiger partial charge is 0.428 e. The average Bonchev–Trinajstić information content (AvgIpc) is 2.87. The number of amides is 4. The monoisotopic (exact) mass is 672 g/mol. The Hall–Kier alpha value is -3.02. The Kier molecular flexibility index (Phi) is 18.5. The molecule has 0 aliphatic carbocycles. The summed E-state index contributed by atoms with van der Waals surface area (Å²) in [6, 6.07) is 11.1. The van der Waals surface area contributed by atoms with E-state index in [-0.39, 0.29) is 36.2 Å². The predicted molar refractivity (Wildman–Crippen MR) is 149 cm³/mol. The first-order valence-corrected chi connectivity index (χ1v) is 15.8. The van der Waals surface area contributed by atoms with Crippen LogP contribution in [0.15, 0.2) is 48.5 Å². The van der Waals surface area contributed by atoms with Crippen LogP contribution in [0.2, 0.25) is 0 Å². The summed E-state index contributed by atoms with van der Waals surface area (Å²) in [6.45, 7) is 5.41. The van der Waals surface area contributed by atoms with E-state index in [1.54, 1.807) is 24.3 Å². The van der Waals surface area contributed by atoms with E-state index in [1.165, 1.54) is 34.9 Å². The van der Waals surface area contributed by atoms with Gasteiger partial charge in [-0.15, -0.1) is 0 Å². The van der Waals surface area contributed by atoms with Gasteiger partial charge in [0.25, 0.3) is 0 Å². The SMILES string of the molecule is CCOc1ccc(NS(=O)(=O)NC(=O)[NH2+]CCCCCC[NH2+]C(=O)NS(=O)(=O)Nc2ccc(OCC)cc2)cc1.[Cl-].[Cl-]. The van der Waals surface area contributed by atoms with Crippen LogP contribution in [0.4, 0.5) is 21.0 Å². The number of rotatable bonds is 17. The second-order valence-electron chi connectivity index (χ2n) is 8.46. The maximum Gasteiger partial charge on any atom is 0.428 e. The van der Waals surface area contributed by atoms with E-state index in [0.717, 1.165) is 12.8 Å². The highest BCUT2D eigenvalue weighted by molar-refractivity contribution is 7.91. The Balaban J connectivity index is 0.00000840. The zero-order valence-electron chi connectivity index (χ0n) is 23.3. The second kappa shape index (κ2) is 20.0. The Labute approximate surface area is 259 Å². The van der Waals surface area contributed by atoms with Crippen LogP contribution in [0.5, 0.6) is 11.5 Å². The summed E-state index contributed by atoms with van der Waals surface area (Å²) in [7, 11) is -8.15. The lowest BCUT2D eigenvalue weighted by Crippen LogP contribution is -3.00. The maximum absolute atomic E-state index is 12.1. The fraction of sp³-hybridized carbons (Fsp3) is 0.417. The average molecular weight is 674 g/mol. The summed E-state index contributed by atoms with van der Waals surface area (Å²) < 4.78 is 67.5. The zero-order valence-corrected chi connectivity index (χ0v) is 26.4. The van der Waals surface area contributed by atoms with Crippen molar-refractivity contribution in [2.75, 3.05) is 35.7 Å². The number of nitrogens with one attached hydrogen (secondary N) is 4. The van der Waals surface area contributed by atoms with E-state index >= 15 is 0 Å². The molecule has 2 aromatic carbocycles. The van der Waals surface area contributed by atoms with Crippen LogP contribution in [0.1, 0.15) is 39.5 Å². The minimum absolute atomic E-state index is 0. The number of primary amides is 2. The standard InChI is InChI=1S/C24H36N6O8S2.2ClH/c1-3-37-21-13-9-19(10-14-21)27-39(33,34)29-23(31)25-17-7-5-6-8-18-26-24(32)30-40(35,36)28-20-11-15-22(16-12-20)38-4-2;;/h9-16,27-28H,3-8,17-18H2,1-2H3,(H2,25,29,31)(H2,26,30,32);2*1H. The first kappa shape index (κ1) is 39.0. The second-order valence-corrected chi connectivity index (χ2v) is 11.3. The van der Waals surface area contributed by atoms with Crippen LogP contribution < -0.4 is 63.8 Å². The normalized spacial score (nSPS) is 10.8. The van der Waals surface area contributed by atoms with Crippen molar-refractivity contribution in [1.29, 1.82) is 0 Å². The molecule has 0 saturated heterocycles. The molecule has 0 saturated carbocycles. The van der Waals surface area contributed by atoms with E-state index in [2.05, 4.69) is 9.44 Å². The Morgan fingerprint density at radius 1 is 0.619 bits per heavy atom. The summed E-state index contributed by atoms with van der Waals surface area (Å²) in [5.41, 5.74) is 0.575. The number of carbonyl (C=O) groups is 2. The third-order valence-corrected chi connectivity index (χ3v) is 7.07. The van der Waals surface area contributed by atoms with Crippen molar-refractivity contribution in [3.05, 3.63) is 48.5 Å². The Morgan fingerprint density at radius 3 is 1.26 bits per heavy atom. The van der Waals surface area contributed by atoms with E-state index in [9.17, 15) is 26.4 Å². The molecule has 0 radical (unpaired) electrons. The topological polar surface area (TPSA) is 202 Å². The van der Waals surface area contributed by atoms with Crippen molar-refractivity contribution >= 4 is 43.9 Å². The number of ether oxygens (including phenoxy) is 2. The van der Waals surface area contributed by atoms with Crippen LogP contribution in [0.25, 0.3) is 0 Å². The summed E-state index contributed by atoms with van der Waals surface area (Å²) in [4.78, 5) is 23.9. The van der Waals surface area contributed by atoms with Gasteiger partial charge in [0.1, 0.15) is 11.5 Å². The van der Waals surface area contributed by atoms with E-state index in [1.807, 2.05) is 23.3 Å². The molecule has 2 aromatic rings. The molecule has 238 valence electrons. The lowest BCUT2D eigenvalue weighted by molar-refractivity contribution is -0.557. The molecule has 42 heavy (non-hydrogen) atoms. The molecule has 0 aliphatic heterocycles. The zero-order chi connectivity index (χ0) is 29.4. The number of halogens is 2. The van der Waals surface area contributed by atoms with Crippen LogP contribution >= 0.6 is 0 Å². The first-order chi connectivity index (χ1) is 19.0. The van der Waals surface area contributed by atoms with Gasteiger partial charge >= 0.3 is 32.5 Å². The number of nitrogens with two attached hydrogens (primary N) is 2. The van der Waals surface area contributed by atoms with Gasteiger partial charge in [-0.25, -0.2) is 9.59 Å². The highest BCUT2D eigenvalue weighted by Gasteiger charge is 2.18. The number of unbranched alkanes of at least 4 members (excludes halogenated alkanes) is 3. The quantitative estimate of drug-likeness (QED) is 0.0894. The van der Waals surface area contributed by atoms with Crippen molar-refractivity contribution in [3.63, 3.8) is 0 Å². The van der Waals surface area contributed by atoms with Gasteiger partial charge in [0, 0.05) is 0 Å². The fourth-order valence-corrected chi connectivity index (χ4v) is 5.08. The van der Waals surface area contributed by atoms with Crippen LogP contribution in [0, 0.1) is 0 Å². The van der Waals surface area contributed by atoms with Gasteiger partial charge in [-0.2, -0.15) is 26.3 Å². The number of hydrogen-bond donors (Lipinski definition) is 6. The van der Waals surface area contributed by atoms with Gasteiger partial charge < -0.3 is 34.3 Å². The molecule has 0 aliphatic rings. The number of quaternary nitrogens is 2. The summed E-state index contributed by atoms with van der Waals surface area (Å²) in [6.07, 6.45) is 2.78. The van der Waals surface area contributed by atoms with Crippen molar-refractivity contribution < 1.29 is 71.3 Å². The number of hydrogen-bond acceptors (Lipinski definition) is 8. The van der Waals surface area contributed by atoms with Crippen LogP contribution in [-0.2, 0) is 20.4 Å². The molecular weight excluding hydrogens is 635 g/mol. The molecule has 0 atom stereocenters. The number of anilines is 2. The van der Waals surface area contributed by atoms with Crippen LogP contribution in [0.3, 0.4) is 0 Å². The maximum atomic E-state index is 12.1. The third-order valence-electron chi connectivity index (χ3n) is 5.12. The molecule has 14 nitrogen and oxygen atoms in total. The molecular formula is C24H38Cl2N6O8S2. The molecule has 0 unspecified atom stereocenters. The predicted octanol–water partition coefficient (Wildman–Crippen LogP) is -5.39. The first-order valence-electron chi connectivity index (χ1n) is 12.8. The molecule has 2 rings (SSSR count). The number of urea groups is 2. The minimum atomic E-state index is -4.07. The molecule has 4 amide bonds. The van der Waals surface area contributed by atoms with Crippen LogP contribution in [-0.4, -0.2) is 55.2 Å². The molecule has 18 heteroatoms. The highest BCUT2D eigenvalue weighted by atomic mass is 35.5. The lowest BCUT2D eigenvalue weighted by atomic mass is 10.2. The molecule has 0 fully saturated rings. The van der Waals surface area contributed by atoms with E-state index < -0.39 is 32.5 Å². The highest BCUT2D eigenvalue weighted by Crippen LogP contribution is 2.17. The minimum Gasteiger partial charge on any atom is -1.00 e. The van der Waals surface area contributed by atoms with Gasteiger partial charge in [0.05, 0.1) is 37.7 Å². The molecule has 0 aromatic heterocycles. The van der Waals surface area contributed by atoms with Crippen molar-refractivity contribution in [3.8, 4) is 11.5 Å². The van der Waals surface area contributed by atoms with Gasteiger partial charge in [-0.05, 0) is 88.1 Å². The Bertz CT molecular complexity index is 1200. The number of benzene rings is 2. The van der Waals surface area contributed by atoms with E-state index in [0.29, 0.717) is 50.6 Å². The van der Waals surface area contributed by atoms with Crippen molar-refractivity contribution in [2.45, 2.75) is 39.5 Å². The van der Waals surface area contributed by atoms with Crippen molar-refractivity contribution in [1.82, 2.24) is 9.44 Å². The van der Waals surface area contributed by atoms with Gasteiger partial charge in [-0.3, -0.25) is 20.1 Å². The molecule has 0 heterocycles. The van der Waals surface area contributed by atoms with E-state index in [4.69, 9.17) is 9.47 Å². The summed E-state index contributed by atoms with van der Waals surface area (Å²) in [5.74, 6) is 1.20. The largest absolute Gasteiger partial charge is 1.00 e. The summed E-state index contributed by atoms with van der Waals surface area (Å²) in [5, 5.41) is 2.53. The fourth-order valence-electron chi connectivity index (χ4n) is 3.39. The van der Waals surface area contributed by atoms with Gasteiger partial charge in [0.15, 0.2) is 0 Å². The van der Waals surface area contributed by atoms with Gasteiger partial charge in [0.2, 0.25) is 0 Å². The van der Waals surface area contributed by atoms with Crippen molar-refractivity contribution in [2.24, 2.45) is 0 Å². The summed E-state index contributed by atoms with van der Waals surface area (Å²) >= 11 is 0. The Morgan fingerprint density at radius 2 is 0.952 bits per heavy atom. The molecule has 0 spiro atoms. The number of carbonyl (C=O) groups excluding carboxylic acids is 2. The van der Waals surface area contributed by atoms with Gasteiger partial charge in [-0.1, -0.05) is 0 Å². The third kappa shape index (κ3) is 16.4. The molecule has 8 N–H and O–H groups in total. The molecule has 0 bridgehead atoms.